The number of aromatic nitrogens is 3. The van der Waals surface area contributed by atoms with Crippen LogP contribution in [0.25, 0.3) is 0 Å². The number of aromatic amines is 1. The van der Waals surface area contributed by atoms with Crippen molar-refractivity contribution in [3.05, 3.63) is 12.2 Å². The van der Waals surface area contributed by atoms with Crippen molar-refractivity contribution in [3.63, 3.8) is 0 Å². The van der Waals surface area contributed by atoms with Crippen LogP contribution >= 0.6 is 0 Å². The smallest absolute Gasteiger partial charge is 0.251 e. The van der Waals surface area contributed by atoms with E-state index < -0.39 is 0 Å². The molecule has 0 unspecified atom stereocenters. The number of hydrogen-bond donors (Lipinski definition) is 1. The largest absolute Gasteiger partial charge is 0.265 e. The average molecular weight is 95.1 g/mol. The number of nitrogens with zero attached hydrogens (tertiary/aromatic N) is 3. The molecule has 1 aromatic rings. The molecule has 0 aromatic carbocycles. The molecule has 0 fully saturated rings. The maximum atomic E-state index is 8.08. The molecule has 0 saturated heterocycles. The van der Waals surface area contributed by atoms with Crippen LogP contribution in [0.2, 0.25) is 1.41 Å². The van der Waals surface area contributed by atoms with Crippen molar-refractivity contribution in [3.8, 4) is 6.07 Å². The van der Waals surface area contributed by atoms with Crippen molar-refractivity contribution in [2.24, 2.45) is 0 Å². The standard InChI is InChI=1S/C3H2N4/c4-1-3-5-2-6-7-3/h2H,(H,5,6,7)/i/hD. The van der Waals surface area contributed by atoms with E-state index in [1.807, 2.05) is 0 Å². The molecule has 4 heteroatoms. The molecule has 7 heavy (non-hydrogen) atoms. The number of rotatable bonds is 0. The zero-order chi connectivity index (χ0) is 5.98. The summed E-state index contributed by atoms with van der Waals surface area (Å²) in [5.41, 5.74) is 0. The second-order valence-electron chi connectivity index (χ2n) is 0.895. The van der Waals surface area contributed by atoms with E-state index in [1.54, 1.807) is 6.07 Å². The molecule has 0 spiro atoms. The van der Waals surface area contributed by atoms with Crippen molar-refractivity contribution in [1.29, 1.82) is 5.26 Å². The Morgan fingerprint density at radius 3 is 3.29 bits per heavy atom. The summed E-state index contributed by atoms with van der Waals surface area (Å²) < 4.78 is 6.71. The number of nitriles is 1. The Morgan fingerprint density at radius 1 is 2.14 bits per heavy atom. The van der Waals surface area contributed by atoms with Gasteiger partial charge in [0.2, 0.25) is 0 Å². The van der Waals surface area contributed by atoms with Gasteiger partial charge in [0.1, 0.15) is 12.4 Å². The monoisotopic (exact) mass is 95.0 g/mol. The zero-order valence-electron chi connectivity index (χ0n) is 4.37. The van der Waals surface area contributed by atoms with Gasteiger partial charge < -0.3 is 0 Å². The minimum Gasteiger partial charge on any atom is -0.265 e. The van der Waals surface area contributed by atoms with Crippen LogP contribution in [0.4, 0.5) is 0 Å². The van der Waals surface area contributed by atoms with Crippen LogP contribution < -0.4 is 0 Å². The molecule has 1 N–H and O–H groups in total. The molecule has 0 bridgehead atoms. The van der Waals surface area contributed by atoms with E-state index in [1.165, 1.54) is 0 Å². The number of nitrogens with one attached hydrogen (secondary N) is 1. The van der Waals surface area contributed by atoms with Gasteiger partial charge in [0, 0.05) is 0 Å². The Morgan fingerprint density at radius 2 is 3.00 bits per heavy atom. The van der Waals surface area contributed by atoms with E-state index in [0.29, 0.717) is 0 Å². The predicted octanol–water partition coefficient (Wildman–Crippen LogP) is -0.324. The van der Waals surface area contributed by atoms with Gasteiger partial charge in [-0.05, 0) is 0 Å². The minimum atomic E-state index is 0.0278. The van der Waals surface area contributed by atoms with Crippen LogP contribution in [-0.4, -0.2) is 15.2 Å². The zero-order valence-corrected chi connectivity index (χ0v) is 3.37. The first-order valence-electron chi connectivity index (χ1n) is 2.08. The second-order valence-corrected chi connectivity index (χ2v) is 0.895. The topological polar surface area (TPSA) is 65.4 Å². The number of hydrogen-bond acceptors (Lipinski definition) is 3. The summed E-state index contributed by atoms with van der Waals surface area (Å²) in [6, 6.07) is 1.68. The molecule has 0 radical (unpaired) electrons. The molecule has 0 saturated carbocycles. The first-order valence-corrected chi connectivity index (χ1v) is 1.64. The normalized spacial score (nSPS) is 9.86. The van der Waals surface area contributed by atoms with E-state index >= 15 is 0 Å². The van der Waals surface area contributed by atoms with Gasteiger partial charge in [-0.2, -0.15) is 5.26 Å². The summed E-state index contributed by atoms with van der Waals surface area (Å²) in [5.74, 6) is 0.0278. The maximum Gasteiger partial charge on any atom is 0.251 e. The van der Waals surface area contributed by atoms with Crippen LogP contribution in [-0.2, 0) is 0 Å². The molecular weight excluding hydrogens is 92.1 g/mol. The third kappa shape index (κ3) is 0.550. The van der Waals surface area contributed by atoms with Crippen molar-refractivity contribution in [2.45, 2.75) is 0 Å². The van der Waals surface area contributed by atoms with E-state index in [2.05, 4.69) is 10.1 Å². The Hall–Kier alpha value is -1.37. The van der Waals surface area contributed by atoms with Gasteiger partial charge in [0.15, 0.2) is 1.41 Å². The van der Waals surface area contributed by atoms with Gasteiger partial charge in [0.05, 0.1) is 0 Å². The predicted molar refractivity (Wildman–Crippen MR) is 21.1 cm³/mol. The lowest BCUT2D eigenvalue weighted by Gasteiger charge is -1.60. The van der Waals surface area contributed by atoms with Crippen LogP contribution in [0.1, 0.15) is 5.82 Å². The van der Waals surface area contributed by atoms with Gasteiger partial charge in [-0.1, -0.05) is 0 Å². The first kappa shape index (κ1) is 2.75. The fourth-order valence-corrected chi connectivity index (χ4v) is 0.238. The Balaban J connectivity index is 3.05. The quantitative estimate of drug-likeness (QED) is 0.480. The van der Waals surface area contributed by atoms with Crippen LogP contribution in [0.3, 0.4) is 0 Å². The lowest BCUT2D eigenvalue weighted by Crippen LogP contribution is -1.72. The molecule has 0 atom stereocenters. The molecular formula is C3H2N4. The third-order valence-corrected chi connectivity index (χ3v) is 0.484. The van der Waals surface area contributed by atoms with Gasteiger partial charge in [-0.3, -0.25) is 5.09 Å². The molecule has 0 aliphatic heterocycles. The maximum absolute atomic E-state index is 8.08. The molecule has 4 nitrogen and oxygen atoms in total. The summed E-state index contributed by atoms with van der Waals surface area (Å²) in [4.78, 5) is 3.44. The molecule has 34 valence electrons. The molecule has 0 aliphatic carbocycles. The number of H-pyrrole nitrogens is 1. The highest BCUT2D eigenvalue weighted by Gasteiger charge is 1.85. The average Bonchev–Trinajstić information content (AvgIpc) is 2.14. The van der Waals surface area contributed by atoms with E-state index in [9.17, 15) is 0 Å². The summed E-state index contributed by atoms with van der Waals surface area (Å²) in [5, 5.41) is 12.2. The SMILES string of the molecule is [2H]n1cnc(C#N)n1. The molecule has 1 heterocycles. The highest BCUT2D eigenvalue weighted by molar-refractivity contribution is 5.04. The second kappa shape index (κ2) is 1.39. The van der Waals surface area contributed by atoms with Crippen LogP contribution in [0.5, 0.6) is 0 Å². The van der Waals surface area contributed by atoms with Crippen molar-refractivity contribution in [2.75, 3.05) is 0 Å². The molecule has 0 amide bonds. The van der Waals surface area contributed by atoms with Gasteiger partial charge in [0.25, 0.3) is 5.82 Å². The van der Waals surface area contributed by atoms with Crippen LogP contribution in [0.15, 0.2) is 6.33 Å². The van der Waals surface area contributed by atoms with Crippen molar-refractivity contribution in [1.82, 2.24) is 15.2 Å². The summed E-state index contributed by atoms with van der Waals surface area (Å²) in [6.45, 7) is 0. The fraction of sp³-hybridized carbons (Fsp3) is 0. The summed E-state index contributed by atoms with van der Waals surface area (Å²) in [7, 11) is 0. The lowest BCUT2D eigenvalue weighted by molar-refractivity contribution is 1.07. The molecule has 1 rings (SSSR count). The van der Waals surface area contributed by atoms with E-state index in [4.69, 9.17) is 6.67 Å². The van der Waals surface area contributed by atoms with Gasteiger partial charge in [-0.15, -0.1) is 5.10 Å². The lowest BCUT2D eigenvalue weighted by atomic mass is 10.7. The van der Waals surface area contributed by atoms with Crippen LogP contribution in [0, 0.1) is 11.3 Å². The Kier molecular flexibility index (Phi) is 0.544. The Bertz CT molecular complexity index is 221. The van der Waals surface area contributed by atoms with Gasteiger partial charge >= 0.3 is 0 Å². The first-order chi connectivity index (χ1) is 3.83. The highest BCUT2D eigenvalue weighted by atomic mass is 15.2. The minimum absolute atomic E-state index is 0.0278. The van der Waals surface area contributed by atoms with Gasteiger partial charge in [-0.25, -0.2) is 4.98 Å². The van der Waals surface area contributed by atoms with E-state index in [0.717, 1.165) is 11.4 Å². The third-order valence-electron chi connectivity index (χ3n) is 0.484. The highest BCUT2D eigenvalue weighted by Crippen LogP contribution is 1.75. The fourth-order valence-electron chi connectivity index (χ4n) is 0.238. The summed E-state index contributed by atoms with van der Waals surface area (Å²) >= 11 is 0. The van der Waals surface area contributed by atoms with Crippen molar-refractivity contribution < 1.29 is 1.41 Å². The van der Waals surface area contributed by atoms with E-state index in [-0.39, 0.29) is 5.82 Å². The Labute approximate surface area is 41.3 Å². The molecule has 0 aliphatic rings. The van der Waals surface area contributed by atoms with Crippen molar-refractivity contribution >= 4 is 0 Å². The summed E-state index contributed by atoms with van der Waals surface area (Å²) in [6.07, 6.45) is 1.15. The molecule has 1 aromatic heterocycles.